The highest BCUT2D eigenvalue weighted by Crippen LogP contribution is 2.18. The summed E-state index contributed by atoms with van der Waals surface area (Å²) in [4.78, 5) is 38.3. The lowest BCUT2D eigenvalue weighted by molar-refractivity contribution is -0.162. The van der Waals surface area contributed by atoms with Gasteiger partial charge in [0.1, 0.15) is 0 Å². The second-order valence-corrected chi connectivity index (χ2v) is 5.49. The van der Waals surface area contributed by atoms with E-state index in [0.717, 1.165) is 0 Å². The van der Waals surface area contributed by atoms with Gasteiger partial charge in [-0.3, -0.25) is 9.59 Å². The van der Waals surface area contributed by atoms with Crippen molar-refractivity contribution in [3.8, 4) is 0 Å². The van der Waals surface area contributed by atoms with E-state index in [9.17, 15) is 14.4 Å². The summed E-state index contributed by atoms with van der Waals surface area (Å²) >= 11 is 0. The molecule has 8 nitrogen and oxygen atoms in total. The van der Waals surface area contributed by atoms with E-state index in [1.165, 1.54) is 6.92 Å². The second-order valence-electron chi connectivity index (χ2n) is 5.49. The zero-order valence-electron chi connectivity index (χ0n) is 12.5. The number of hydrogen-bond donors (Lipinski definition) is 2. The zero-order chi connectivity index (χ0) is 15.5. The van der Waals surface area contributed by atoms with E-state index in [4.69, 9.17) is 4.74 Å². The first-order valence-corrected chi connectivity index (χ1v) is 7.13. The van der Waals surface area contributed by atoms with Gasteiger partial charge in [0.15, 0.2) is 5.60 Å². The SMILES string of the molecule is CC(=O)N1CCOC(C)(C(=O)NCCN2CCNC2=O)C1. The Morgan fingerprint density at radius 3 is 2.81 bits per heavy atom. The lowest BCUT2D eigenvalue weighted by atomic mass is 10.0. The molecule has 0 aliphatic carbocycles. The topological polar surface area (TPSA) is 91.0 Å². The maximum absolute atomic E-state index is 12.3. The maximum Gasteiger partial charge on any atom is 0.317 e. The molecular weight excluding hydrogens is 276 g/mol. The average Bonchev–Trinajstić information content (AvgIpc) is 2.84. The molecule has 2 rings (SSSR count). The van der Waals surface area contributed by atoms with Gasteiger partial charge in [-0.05, 0) is 6.92 Å². The Morgan fingerprint density at radius 1 is 1.43 bits per heavy atom. The predicted octanol–water partition coefficient (Wildman–Crippen LogP) is -1.23. The number of hydrogen-bond acceptors (Lipinski definition) is 4. The number of urea groups is 1. The van der Waals surface area contributed by atoms with E-state index in [-0.39, 0.29) is 24.4 Å². The van der Waals surface area contributed by atoms with Gasteiger partial charge in [0.25, 0.3) is 5.91 Å². The van der Waals surface area contributed by atoms with Crippen LogP contribution in [0, 0.1) is 0 Å². The van der Waals surface area contributed by atoms with Crippen LogP contribution in [0.4, 0.5) is 4.79 Å². The molecule has 2 heterocycles. The van der Waals surface area contributed by atoms with Crippen LogP contribution in [0.25, 0.3) is 0 Å². The number of ether oxygens (including phenoxy) is 1. The van der Waals surface area contributed by atoms with Crippen molar-refractivity contribution in [2.24, 2.45) is 0 Å². The number of nitrogens with zero attached hydrogens (tertiary/aromatic N) is 2. The van der Waals surface area contributed by atoms with Gasteiger partial charge in [-0.2, -0.15) is 0 Å². The van der Waals surface area contributed by atoms with E-state index in [1.54, 1.807) is 16.7 Å². The van der Waals surface area contributed by atoms with Crippen molar-refractivity contribution in [2.75, 3.05) is 45.9 Å². The maximum atomic E-state index is 12.3. The van der Waals surface area contributed by atoms with Crippen LogP contribution in [0.1, 0.15) is 13.8 Å². The number of carbonyl (C=O) groups is 3. The van der Waals surface area contributed by atoms with Crippen LogP contribution in [-0.4, -0.2) is 79.1 Å². The first kappa shape index (κ1) is 15.6. The van der Waals surface area contributed by atoms with Crippen molar-refractivity contribution in [3.63, 3.8) is 0 Å². The number of morpholine rings is 1. The molecule has 2 aliphatic heterocycles. The molecule has 2 saturated heterocycles. The summed E-state index contributed by atoms with van der Waals surface area (Å²) in [5.74, 6) is -0.320. The first-order valence-electron chi connectivity index (χ1n) is 7.13. The van der Waals surface area contributed by atoms with Gasteiger partial charge in [0.2, 0.25) is 5.91 Å². The lowest BCUT2D eigenvalue weighted by Gasteiger charge is -2.38. The zero-order valence-corrected chi connectivity index (χ0v) is 12.5. The van der Waals surface area contributed by atoms with E-state index < -0.39 is 5.60 Å². The Morgan fingerprint density at radius 2 is 2.19 bits per heavy atom. The summed E-state index contributed by atoms with van der Waals surface area (Å²) in [7, 11) is 0. The summed E-state index contributed by atoms with van der Waals surface area (Å²) in [5, 5.41) is 5.48. The van der Waals surface area contributed by atoms with Crippen LogP contribution >= 0.6 is 0 Å². The molecule has 118 valence electrons. The normalized spacial score (nSPS) is 25.7. The summed E-state index contributed by atoms with van der Waals surface area (Å²) in [6.45, 7) is 6.38. The summed E-state index contributed by atoms with van der Waals surface area (Å²) in [6.07, 6.45) is 0. The standard InChI is InChI=1S/C13H22N4O4/c1-10(18)17-7-8-21-13(2,9-17)11(19)14-3-5-16-6-4-15-12(16)20/h3-9H2,1-2H3,(H,14,19)(H,15,20). The van der Waals surface area contributed by atoms with E-state index in [1.807, 2.05) is 0 Å². The molecule has 0 spiro atoms. The lowest BCUT2D eigenvalue weighted by Crippen LogP contribution is -2.59. The van der Waals surface area contributed by atoms with E-state index in [0.29, 0.717) is 39.3 Å². The number of amides is 4. The minimum absolute atomic E-state index is 0.0638. The Balaban J connectivity index is 1.81. The molecule has 1 atom stereocenters. The summed E-state index contributed by atoms with van der Waals surface area (Å²) < 4.78 is 5.55. The summed E-state index contributed by atoms with van der Waals surface area (Å²) in [5.41, 5.74) is -1.03. The van der Waals surface area contributed by atoms with Gasteiger partial charge in [-0.25, -0.2) is 4.79 Å². The fourth-order valence-corrected chi connectivity index (χ4v) is 2.49. The highest BCUT2D eigenvalue weighted by atomic mass is 16.5. The highest BCUT2D eigenvalue weighted by molar-refractivity contribution is 5.86. The Labute approximate surface area is 123 Å². The van der Waals surface area contributed by atoms with Gasteiger partial charge in [0.05, 0.1) is 13.2 Å². The van der Waals surface area contributed by atoms with Crippen molar-refractivity contribution in [1.82, 2.24) is 20.4 Å². The molecule has 4 amide bonds. The fourth-order valence-electron chi connectivity index (χ4n) is 2.49. The number of nitrogens with one attached hydrogen (secondary N) is 2. The number of rotatable bonds is 4. The third-order valence-electron chi connectivity index (χ3n) is 3.81. The molecule has 0 aromatic rings. The molecule has 0 aromatic carbocycles. The van der Waals surface area contributed by atoms with Crippen LogP contribution in [0.3, 0.4) is 0 Å². The van der Waals surface area contributed by atoms with Crippen molar-refractivity contribution < 1.29 is 19.1 Å². The van der Waals surface area contributed by atoms with Crippen molar-refractivity contribution in [3.05, 3.63) is 0 Å². The van der Waals surface area contributed by atoms with Gasteiger partial charge < -0.3 is 25.2 Å². The molecule has 0 aromatic heterocycles. The molecule has 0 bridgehead atoms. The minimum Gasteiger partial charge on any atom is -0.362 e. The Kier molecular flexibility index (Phi) is 4.66. The van der Waals surface area contributed by atoms with Gasteiger partial charge in [-0.1, -0.05) is 0 Å². The van der Waals surface area contributed by atoms with Crippen LogP contribution in [0.5, 0.6) is 0 Å². The fraction of sp³-hybridized carbons (Fsp3) is 0.769. The third-order valence-corrected chi connectivity index (χ3v) is 3.81. The molecule has 0 radical (unpaired) electrons. The molecule has 2 N–H and O–H groups in total. The number of carbonyl (C=O) groups excluding carboxylic acids is 3. The molecule has 21 heavy (non-hydrogen) atoms. The summed E-state index contributed by atoms with van der Waals surface area (Å²) in [6, 6.07) is -0.105. The van der Waals surface area contributed by atoms with Gasteiger partial charge in [0, 0.05) is 39.6 Å². The Hall–Kier alpha value is -1.83. The Bertz CT molecular complexity index is 442. The van der Waals surface area contributed by atoms with Gasteiger partial charge >= 0.3 is 6.03 Å². The largest absolute Gasteiger partial charge is 0.362 e. The third kappa shape index (κ3) is 3.63. The molecule has 0 saturated carbocycles. The van der Waals surface area contributed by atoms with E-state index >= 15 is 0 Å². The van der Waals surface area contributed by atoms with Gasteiger partial charge in [-0.15, -0.1) is 0 Å². The van der Waals surface area contributed by atoms with Crippen LogP contribution in [0.15, 0.2) is 0 Å². The smallest absolute Gasteiger partial charge is 0.317 e. The van der Waals surface area contributed by atoms with Crippen LogP contribution in [0.2, 0.25) is 0 Å². The molecule has 1 unspecified atom stereocenters. The monoisotopic (exact) mass is 298 g/mol. The molecule has 2 aliphatic rings. The second kappa shape index (κ2) is 6.30. The van der Waals surface area contributed by atoms with Crippen molar-refractivity contribution in [2.45, 2.75) is 19.4 Å². The first-order chi connectivity index (χ1) is 9.92. The quantitative estimate of drug-likeness (QED) is 0.679. The molecule has 8 heteroatoms. The van der Waals surface area contributed by atoms with Crippen LogP contribution in [-0.2, 0) is 14.3 Å². The highest BCUT2D eigenvalue weighted by Gasteiger charge is 2.39. The predicted molar refractivity (Wildman–Crippen MR) is 74.6 cm³/mol. The van der Waals surface area contributed by atoms with Crippen molar-refractivity contribution >= 4 is 17.8 Å². The molecular formula is C13H22N4O4. The average molecular weight is 298 g/mol. The minimum atomic E-state index is -1.03. The van der Waals surface area contributed by atoms with Crippen molar-refractivity contribution in [1.29, 1.82) is 0 Å². The van der Waals surface area contributed by atoms with Crippen LogP contribution < -0.4 is 10.6 Å². The van der Waals surface area contributed by atoms with E-state index in [2.05, 4.69) is 10.6 Å². The molecule has 2 fully saturated rings.